The van der Waals surface area contributed by atoms with E-state index in [1.807, 2.05) is 12.1 Å². The number of aromatic nitrogens is 5. The zero-order chi connectivity index (χ0) is 15.5. The summed E-state index contributed by atoms with van der Waals surface area (Å²) in [7, 11) is 0. The van der Waals surface area contributed by atoms with E-state index in [9.17, 15) is 4.79 Å². The number of rotatable bonds is 4. The van der Waals surface area contributed by atoms with Crippen LogP contribution in [0.4, 0.5) is 5.82 Å². The minimum Gasteiger partial charge on any atom is -0.382 e. The summed E-state index contributed by atoms with van der Waals surface area (Å²) in [5, 5.41) is 13.5. The van der Waals surface area contributed by atoms with Gasteiger partial charge in [-0.15, -0.1) is 5.10 Å². The molecule has 0 fully saturated rings. The highest BCUT2D eigenvalue weighted by atomic mass is 32.2. The van der Waals surface area contributed by atoms with Crippen molar-refractivity contribution in [3.05, 3.63) is 46.6 Å². The Morgan fingerprint density at radius 3 is 3.00 bits per heavy atom. The SMILES string of the molecule is N#Cc1cnc(SCCn2nc3ccccn3c2=O)nc1N. The van der Waals surface area contributed by atoms with Gasteiger partial charge in [0.2, 0.25) is 0 Å². The van der Waals surface area contributed by atoms with Crippen molar-refractivity contribution in [2.75, 3.05) is 11.5 Å². The van der Waals surface area contributed by atoms with Gasteiger partial charge < -0.3 is 5.73 Å². The molecule has 110 valence electrons. The van der Waals surface area contributed by atoms with E-state index in [2.05, 4.69) is 15.1 Å². The van der Waals surface area contributed by atoms with E-state index in [4.69, 9.17) is 11.0 Å². The summed E-state index contributed by atoms with van der Waals surface area (Å²) >= 11 is 1.35. The molecule has 3 rings (SSSR count). The highest BCUT2D eigenvalue weighted by Gasteiger charge is 2.07. The monoisotopic (exact) mass is 313 g/mol. The number of nitrogens with two attached hydrogens (primary N) is 1. The topological polar surface area (TPSA) is 115 Å². The Morgan fingerprint density at radius 2 is 2.27 bits per heavy atom. The fourth-order valence-electron chi connectivity index (χ4n) is 1.87. The van der Waals surface area contributed by atoms with Gasteiger partial charge in [0.05, 0.1) is 12.7 Å². The smallest absolute Gasteiger partial charge is 0.350 e. The molecule has 0 radical (unpaired) electrons. The van der Waals surface area contributed by atoms with Crippen molar-refractivity contribution in [2.45, 2.75) is 11.7 Å². The van der Waals surface area contributed by atoms with Crippen LogP contribution < -0.4 is 11.4 Å². The number of aryl methyl sites for hydroxylation is 1. The third-order valence-corrected chi connectivity index (χ3v) is 3.78. The van der Waals surface area contributed by atoms with Gasteiger partial charge in [-0.2, -0.15) is 5.26 Å². The Balaban J connectivity index is 1.70. The summed E-state index contributed by atoms with van der Waals surface area (Å²) in [6.45, 7) is 0.425. The van der Waals surface area contributed by atoms with E-state index in [0.29, 0.717) is 23.1 Å². The molecule has 0 aliphatic heterocycles. The summed E-state index contributed by atoms with van der Waals surface area (Å²) in [4.78, 5) is 20.2. The number of fused-ring (bicyclic) bond motifs is 1. The second-order valence-electron chi connectivity index (χ2n) is 4.35. The van der Waals surface area contributed by atoms with E-state index < -0.39 is 0 Å². The molecular formula is C13H11N7OS. The van der Waals surface area contributed by atoms with Crippen molar-refractivity contribution in [1.29, 1.82) is 5.26 Å². The van der Waals surface area contributed by atoms with Crippen LogP contribution in [0.5, 0.6) is 0 Å². The van der Waals surface area contributed by atoms with E-state index in [1.54, 1.807) is 18.3 Å². The first-order valence-corrected chi connectivity index (χ1v) is 7.37. The van der Waals surface area contributed by atoms with Crippen LogP contribution in [0.1, 0.15) is 5.56 Å². The molecule has 3 aromatic rings. The highest BCUT2D eigenvalue weighted by molar-refractivity contribution is 7.99. The molecule has 0 aliphatic rings. The first-order chi connectivity index (χ1) is 10.7. The van der Waals surface area contributed by atoms with Gasteiger partial charge in [-0.3, -0.25) is 4.40 Å². The van der Waals surface area contributed by atoms with Crippen LogP contribution in [0.2, 0.25) is 0 Å². The number of hydrogen-bond acceptors (Lipinski definition) is 7. The molecule has 9 heteroatoms. The standard InChI is InChI=1S/C13H11N7OS/c14-7-9-8-16-12(17-11(9)15)22-6-5-20-13(21)19-4-2-1-3-10(19)18-20/h1-4,8H,5-6H2,(H2,15,16,17). The maximum atomic E-state index is 12.1. The molecule has 3 heterocycles. The van der Waals surface area contributed by atoms with Crippen molar-refractivity contribution < 1.29 is 0 Å². The number of thioether (sulfide) groups is 1. The molecular weight excluding hydrogens is 302 g/mol. The van der Waals surface area contributed by atoms with Crippen LogP contribution in [0.15, 0.2) is 40.5 Å². The third kappa shape index (κ3) is 2.64. The molecule has 3 aromatic heterocycles. The molecule has 0 atom stereocenters. The molecule has 0 saturated heterocycles. The lowest BCUT2D eigenvalue weighted by Crippen LogP contribution is -2.22. The van der Waals surface area contributed by atoms with Gasteiger partial charge in [-0.1, -0.05) is 17.8 Å². The van der Waals surface area contributed by atoms with Crippen molar-refractivity contribution in [1.82, 2.24) is 24.1 Å². The summed E-state index contributed by atoms with van der Waals surface area (Å²) in [6, 6.07) is 7.29. The normalized spacial score (nSPS) is 10.7. The Morgan fingerprint density at radius 1 is 1.41 bits per heavy atom. The molecule has 8 nitrogen and oxygen atoms in total. The summed E-state index contributed by atoms with van der Waals surface area (Å²) < 4.78 is 2.89. The number of nitrogens with zero attached hydrogens (tertiary/aromatic N) is 6. The molecule has 0 spiro atoms. The average molecular weight is 313 g/mol. The minimum absolute atomic E-state index is 0.157. The van der Waals surface area contributed by atoms with E-state index in [0.717, 1.165) is 0 Å². The quantitative estimate of drug-likeness (QED) is 0.552. The number of anilines is 1. The largest absolute Gasteiger partial charge is 0.382 e. The third-order valence-electron chi connectivity index (χ3n) is 2.94. The number of hydrogen-bond donors (Lipinski definition) is 1. The van der Waals surface area contributed by atoms with Gasteiger partial charge in [-0.25, -0.2) is 19.4 Å². The Kier molecular flexibility index (Phi) is 3.76. The lowest BCUT2D eigenvalue weighted by Gasteiger charge is -2.01. The van der Waals surface area contributed by atoms with Crippen LogP contribution in [-0.4, -0.2) is 29.9 Å². The van der Waals surface area contributed by atoms with Crippen LogP contribution in [0, 0.1) is 11.3 Å². The fraction of sp³-hybridized carbons (Fsp3) is 0.154. The Bertz CT molecular complexity index is 924. The predicted molar refractivity (Wildman–Crippen MR) is 81.3 cm³/mol. The van der Waals surface area contributed by atoms with Gasteiger partial charge in [0.25, 0.3) is 0 Å². The van der Waals surface area contributed by atoms with Crippen molar-refractivity contribution >= 4 is 23.2 Å². The Labute approximate surface area is 129 Å². The lowest BCUT2D eigenvalue weighted by atomic mass is 10.3. The minimum atomic E-state index is -0.184. The van der Waals surface area contributed by atoms with Gasteiger partial charge in [0.1, 0.15) is 17.5 Å². The van der Waals surface area contributed by atoms with E-state index in [-0.39, 0.29) is 17.1 Å². The van der Waals surface area contributed by atoms with Crippen molar-refractivity contribution in [3.63, 3.8) is 0 Å². The molecule has 0 unspecified atom stereocenters. The number of nitriles is 1. The Hall–Kier alpha value is -2.86. The molecule has 22 heavy (non-hydrogen) atoms. The van der Waals surface area contributed by atoms with Crippen LogP contribution in [-0.2, 0) is 6.54 Å². The molecule has 0 aromatic carbocycles. The van der Waals surface area contributed by atoms with Crippen LogP contribution in [0.3, 0.4) is 0 Å². The van der Waals surface area contributed by atoms with Gasteiger partial charge in [0, 0.05) is 11.9 Å². The maximum Gasteiger partial charge on any atom is 0.350 e. The molecule has 0 amide bonds. The summed E-state index contributed by atoms with van der Waals surface area (Å²) in [5.41, 5.74) is 6.31. The molecule has 0 saturated carbocycles. The van der Waals surface area contributed by atoms with Crippen LogP contribution in [0.25, 0.3) is 5.65 Å². The molecule has 0 bridgehead atoms. The second-order valence-corrected chi connectivity index (χ2v) is 5.41. The first kappa shape index (κ1) is 14.1. The van der Waals surface area contributed by atoms with Gasteiger partial charge in [0.15, 0.2) is 10.8 Å². The van der Waals surface area contributed by atoms with E-state index >= 15 is 0 Å². The zero-order valence-electron chi connectivity index (χ0n) is 11.4. The number of nitrogen functional groups attached to an aromatic ring is 1. The van der Waals surface area contributed by atoms with Crippen molar-refractivity contribution in [3.8, 4) is 6.07 Å². The van der Waals surface area contributed by atoms with Crippen molar-refractivity contribution in [2.24, 2.45) is 0 Å². The summed E-state index contributed by atoms with van der Waals surface area (Å²) in [6.07, 6.45) is 3.07. The summed E-state index contributed by atoms with van der Waals surface area (Å²) in [5.74, 6) is 0.722. The first-order valence-electron chi connectivity index (χ1n) is 6.38. The molecule has 0 aliphatic carbocycles. The highest BCUT2D eigenvalue weighted by Crippen LogP contribution is 2.15. The van der Waals surface area contributed by atoms with E-state index in [1.165, 1.54) is 27.0 Å². The second kappa shape index (κ2) is 5.87. The zero-order valence-corrected chi connectivity index (χ0v) is 12.2. The fourth-order valence-corrected chi connectivity index (χ4v) is 2.61. The lowest BCUT2D eigenvalue weighted by molar-refractivity contribution is 0.639. The maximum absolute atomic E-state index is 12.1. The molecule has 2 N–H and O–H groups in total. The predicted octanol–water partition coefficient (Wildman–Crippen LogP) is 0.532. The van der Waals surface area contributed by atoms with Gasteiger partial charge in [-0.05, 0) is 12.1 Å². The number of pyridine rings is 1. The van der Waals surface area contributed by atoms with Gasteiger partial charge >= 0.3 is 5.69 Å². The average Bonchev–Trinajstić information content (AvgIpc) is 2.84. The van der Waals surface area contributed by atoms with Crippen LogP contribution >= 0.6 is 11.8 Å².